The molecule has 2 aromatic carbocycles. The number of hydrogen-bond donors (Lipinski definition) is 1. The van der Waals surface area contributed by atoms with Crippen LogP contribution >= 0.6 is 11.3 Å². The number of methoxy groups -OCH3 is 1. The molecule has 2 aliphatic heterocycles. The summed E-state index contributed by atoms with van der Waals surface area (Å²) in [6.07, 6.45) is 1.36. The molecule has 154 valence electrons. The molecule has 0 fully saturated rings. The van der Waals surface area contributed by atoms with Gasteiger partial charge in [0.05, 0.1) is 12.8 Å². The Balaban J connectivity index is 1.63. The van der Waals surface area contributed by atoms with Crippen molar-refractivity contribution >= 4 is 23.0 Å². The van der Waals surface area contributed by atoms with Gasteiger partial charge >= 0.3 is 0 Å². The minimum absolute atomic E-state index is 0.138. The highest BCUT2D eigenvalue weighted by atomic mass is 32.1. The quantitative estimate of drug-likeness (QED) is 0.485. The van der Waals surface area contributed by atoms with Crippen LogP contribution in [0.15, 0.2) is 71.9 Å². The number of rotatable bonds is 3. The number of thiophene rings is 1. The zero-order valence-corrected chi connectivity index (χ0v) is 17.9. The van der Waals surface area contributed by atoms with Crippen LogP contribution in [0.5, 0.6) is 11.5 Å². The van der Waals surface area contributed by atoms with Gasteiger partial charge in [0.15, 0.2) is 6.10 Å². The Hall–Kier alpha value is -3.58. The number of nitrogens with zero attached hydrogens (tertiary/aromatic N) is 3. The minimum atomic E-state index is -0.230. The van der Waals surface area contributed by atoms with Crippen LogP contribution in [-0.2, 0) is 0 Å². The van der Waals surface area contributed by atoms with Gasteiger partial charge in [0, 0.05) is 16.0 Å². The number of nitrogens with one attached hydrogen (secondary N) is 1. The van der Waals surface area contributed by atoms with Gasteiger partial charge in [0.2, 0.25) is 5.95 Å². The summed E-state index contributed by atoms with van der Waals surface area (Å²) < 4.78 is 14.1. The molecule has 1 N–H and O–H groups in total. The van der Waals surface area contributed by atoms with Crippen molar-refractivity contribution in [1.82, 2.24) is 14.8 Å². The molecule has 4 heterocycles. The van der Waals surface area contributed by atoms with Crippen LogP contribution in [0.3, 0.4) is 0 Å². The zero-order chi connectivity index (χ0) is 20.9. The van der Waals surface area contributed by atoms with Crippen molar-refractivity contribution in [1.29, 1.82) is 0 Å². The summed E-state index contributed by atoms with van der Waals surface area (Å²) in [4.78, 5) is 5.63. The second-order valence-electron chi connectivity index (χ2n) is 7.67. The van der Waals surface area contributed by atoms with E-state index < -0.39 is 0 Å². The summed E-state index contributed by atoms with van der Waals surface area (Å²) in [6, 6.07) is 18.6. The van der Waals surface area contributed by atoms with Gasteiger partial charge in [-0.3, -0.25) is 0 Å². The molecule has 0 bridgehead atoms. The van der Waals surface area contributed by atoms with Gasteiger partial charge in [-0.25, -0.2) is 4.68 Å². The monoisotopic (exact) mass is 428 g/mol. The van der Waals surface area contributed by atoms with E-state index in [2.05, 4.69) is 64.1 Å². The summed E-state index contributed by atoms with van der Waals surface area (Å²) in [6.45, 7) is 2.10. The number of aromatic nitrogens is 3. The largest absolute Gasteiger partial charge is 0.497 e. The summed E-state index contributed by atoms with van der Waals surface area (Å²) in [5, 5.41) is 10.2. The lowest BCUT2D eigenvalue weighted by molar-refractivity contribution is 0.226. The van der Waals surface area contributed by atoms with Crippen LogP contribution in [0.4, 0.5) is 5.95 Å². The Kier molecular flexibility index (Phi) is 4.11. The Labute approximate surface area is 183 Å². The number of ether oxygens (including phenoxy) is 2. The first-order valence-electron chi connectivity index (χ1n) is 10.1. The van der Waals surface area contributed by atoms with Gasteiger partial charge in [-0.1, -0.05) is 35.9 Å². The van der Waals surface area contributed by atoms with E-state index in [1.165, 1.54) is 5.56 Å². The van der Waals surface area contributed by atoms with E-state index in [-0.39, 0.29) is 12.1 Å². The van der Waals surface area contributed by atoms with Gasteiger partial charge in [-0.15, -0.1) is 11.3 Å². The second-order valence-corrected chi connectivity index (χ2v) is 8.65. The fourth-order valence-electron chi connectivity index (χ4n) is 4.32. The minimum Gasteiger partial charge on any atom is -0.497 e. The molecular formula is C24H20N4O2S. The van der Waals surface area contributed by atoms with E-state index in [4.69, 9.17) is 9.47 Å². The van der Waals surface area contributed by atoms with E-state index in [1.807, 2.05) is 22.9 Å². The number of hydrogen-bond acceptors (Lipinski definition) is 6. The van der Waals surface area contributed by atoms with Crippen molar-refractivity contribution in [2.75, 3.05) is 12.4 Å². The average Bonchev–Trinajstić information content (AvgIpc) is 3.49. The van der Waals surface area contributed by atoms with Crippen molar-refractivity contribution < 1.29 is 9.47 Å². The lowest BCUT2D eigenvalue weighted by Gasteiger charge is -2.38. The third-order valence-corrected chi connectivity index (χ3v) is 6.73. The highest BCUT2D eigenvalue weighted by molar-refractivity contribution is 7.10. The van der Waals surface area contributed by atoms with Gasteiger partial charge in [0.25, 0.3) is 0 Å². The van der Waals surface area contributed by atoms with E-state index in [9.17, 15) is 0 Å². The summed E-state index contributed by atoms with van der Waals surface area (Å²) >= 11 is 1.69. The predicted octanol–water partition coefficient (Wildman–Crippen LogP) is 5.22. The van der Waals surface area contributed by atoms with Gasteiger partial charge in [0.1, 0.15) is 23.9 Å². The fraction of sp³-hybridized carbons (Fsp3) is 0.167. The van der Waals surface area contributed by atoms with Gasteiger partial charge < -0.3 is 14.8 Å². The van der Waals surface area contributed by atoms with Crippen molar-refractivity contribution in [2.24, 2.45) is 0 Å². The molecule has 6 nitrogen and oxygen atoms in total. The van der Waals surface area contributed by atoms with Crippen molar-refractivity contribution in [3.63, 3.8) is 0 Å². The Bertz CT molecular complexity index is 1290. The Morgan fingerprint density at radius 1 is 1.13 bits per heavy atom. The molecule has 6 rings (SSSR count). The molecule has 4 aromatic rings. The molecule has 0 radical (unpaired) electrons. The Morgan fingerprint density at radius 3 is 2.77 bits per heavy atom. The molecule has 2 aliphatic rings. The number of fused-ring (bicyclic) bond motifs is 3. The lowest BCUT2D eigenvalue weighted by Crippen LogP contribution is -2.32. The third kappa shape index (κ3) is 2.84. The molecule has 0 spiro atoms. The van der Waals surface area contributed by atoms with Crippen molar-refractivity contribution in [3.05, 3.63) is 93.4 Å². The maximum absolute atomic E-state index is 6.61. The van der Waals surface area contributed by atoms with Crippen LogP contribution < -0.4 is 14.8 Å². The standard InChI is InChI=1S/C24H20N4O2S/c1-14-5-7-15(8-6-14)22-20-21(27-24-25-13-26-28(22)24)17-12-16(29-2)9-10-18(17)30-23(20)19-4-3-11-31-19/h3-13,22-23H,1-2H3,(H,25,26,27)/t22-,23+/m0/s1. The first-order valence-corrected chi connectivity index (χ1v) is 11.0. The normalized spacial score (nSPS) is 19.0. The molecule has 0 saturated heterocycles. The Morgan fingerprint density at radius 2 is 2.00 bits per heavy atom. The highest BCUT2D eigenvalue weighted by Gasteiger charge is 2.41. The second kappa shape index (κ2) is 6.99. The number of benzene rings is 2. The van der Waals surface area contributed by atoms with E-state index >= 15 is 0 Å². The van der Waals surface area contributed by atoms with Crippen LogP contribution in [0, 0.1) is 6.92 Å². The topological polar surface area (TPSA) is 61.2 Å². The smallest absolute Gasteiger partial charge is 0.226 e. The van der Waals surface area contributed by atoms with Crippen LogP contribution in [0.1, 0.15) is 33.7 Å². The molecule has 0 unspecified atom stereocenters. The molecule has 0 amide bonds. The van der Waals surface area contributed by atoms with E-state index in [0.29, 0.717) is 5.95 Å². The predicted molar refractivity (Wildman–Crippen MR) is 121 cm³/mol. The summed E-state index contributed by atoms with van der Waals surface area (Å²) in [5.41, 5.74) is 5.45. The highest BCUT2D eigenvalue weighted by Crippen LogP contribution is 2.51. The molecular weight excluding hydrogens is 408 g/mol. The molecule has 2 atom stereocenters. The fourth-order valence-corrected chi connectivity index (χ4v) is 5.09. The average molecular weight is 429 g/mol. The number of anilines is 1. The van der Waals surface area contributed by atoms with Crippen molar-refractivity contribution in [2.45, 2.75) is 19.1 Å². The van der Waals surface area contributed by atoms with Crippen LogP contribution in [0.2, 0.25) is 0 Å². The van der Waals surface area contributed by atoms with E-state index in [0.717, 1.165) is 38.8 Å². The first-order chi connectivity index (χ1) is 15.2. The maximum Gasteiger partial charge on any atom is 0.226 e. The SMILES string of the molecule is COc1ccc2c(c1)C1=C([C@H](c3ccc(C)cc3)n3ncnc3N1)[C@@H](c1cccs1)O2. The van der Waals surface area contributed by atoms with Gasteiger partial charge in [-0.2, -0.15) is 10.1 Å². The van der Waals surface area contributed by atoms with Crippen LogP contribution in [-0.4, -0.2) is 21.9 Å². The van der Waals surface area contributed by atoms with E-state index in [1.54, 1.807) is 24.8 Å². The lowest BCUT2D eigenvalue weighted by atomic mass is 9.86. The number of aryl methyl sites for hydroxylation is 1. The van der Waals surface area contributed by atoms with Gasteiger partial charge in [-0.05, 0) is 42.1 Å². The molecule has 2 aromatic heterocycles. The molecule has 0 aliphatic carbocycles. The molecule has 0 saturated carbocycles. The first kappa shape index (κ1) is 18.2. The summed E-state index contributed by atoms with van der Waals surface area (Å²) in [7, 11) is 1.68. The third-order valence-electron chi connectivity index (χ3n) is 5.82. The molecule has 7 heteroatoms. The van der Waals surface area contributed by atoms with Crippen LogP contribution in [0.25, 0.3) is 5.70 Å². The zero-order valence-electron chi connectivity index (χ0n) is 17.1. The summed E-state index contributed by atoms with van der Waals surface area (Å²) in [5.74, 6) is 2.32. The molecule has 31 heavy (non-hydrogen) atoms. The maximum atomic E-state index is 6.61. The van der Waals surface area contributed by atoms with Crippen molar-refractivity contribution in [3.8, 4) is 11.5 Å².